The maximum absolute atomic E-state index is 10.6. The van der Waals surface area contributed by atoms with E-state index in [1.165, 1.54) is 12.1 Å². The van der Waals surface area contributed by atoms with Gasteiger partial charge in [-0.25, -0.2) is 0 Å². The van der Waals surface area contributed by atoms with E-state index in [9.17, 15) is 20.4 Å². The van der Waals surface area contributed by atoms with Crippen molar-refractivity contribution >= 4 is 56.9 Å². The van der Waals surface area contributed by atoms with E-state index in [-0.39, 0.29) is 51.2 Å². The first-order valence-corrected chi connectivity index (χ1v) is 23.8. The minimum Gasteiger partial charge on any atom is -0.506 e. The second-order valence-electron chi connectivity index (χ2n) is 16.3. The summed E-state index contributed by atoms with van der Waals surface area (Å²) in [6.07, 6.45) is 8.84. The molecule has 0 heterocycles. The Hall–Kier alpha value is -7.37. The minimum absolute atomic E-state index is 0. The van der Waals surface area contributed by atoms with Gasteiger partial charge in [-0.1, -0.05) is 53.4 Å². The Balaban J connectivity index is 0.000000304. The molecule has 0 aliphatic heterocycles. The number of benzene rings is 6. The zero-order chi connectivity index (χ0) is 50.1. The molecule has 0 amide bonds. The summed E-state index contributed by atoms with van der Waals surface area (Å²) < 4.78 is 10.3. The number of methoxy groups -OCH3 is 2. The van der Waals surface area contributed by atoms with Crippen molar-refractivity contribution in [1.29, 1.82) is 0 Å². The number of ether oxygens (including phenoxy) is 2. The molecule has 0 aliphatic rings. The molecule has 0 bridgehead atoms. The summed E-state index contributed by atoms with van der Waals surface area (Å²) >= 11 is 0. The molecule has 6 aromatic carbocycles. The van der Waals surface area contributed by atoms with Crippen molar-refractivity contribution in [3.05, 3.63) is 121 Å². The van der Waals surface area contributed by atoms with Crippen LogP contribution in [0.25, 0.3) is 0 Å². The van der Waals surface area contributed by atoms with Gasteiger partial charge in [-0.2, -0.15) is 20.5 Å². The van der Waals surface area contributed by atoms with Crippen LogP contribution in [0.5, 0.6) is 34.5 Å². The molecule has 377 valence electrons. The number of phenols is 4. The van der Waals surface area contributed by atoms with E-state index in [4.69, 9.17) is 9.47 Å². The quantitative estimate of drug-likeness (QED) is 0.0428. The molecular formula is C54H66CoN10O6. The summed E-state index contributed by atoms with van der Waals surface area (Å²) in [6.45, 7) is 12.5. The molecule has 0 saturated carbocycles. The van der Waals surface area contributed by atoms with Gasteiger partial charge in [-0.15, -0.1) is 20.5 Å². The zero-order valence-corrected chi connectivity index (χ0v) is 42.5. The first kappa shape index (κ1) is 56.2. The number of nitrogens with zero attached hydrogens (tertiary/aromatic N) is 10. The molecule has 0 atom stereocenters. The average Bonchev–Trinajstić information content (AvgIpc) is 3.38. The van der Waals surface area contributed by atoms with Crippen LogP contribution < -0.4 is 19.3 Å². The van der Waals surface area contributed by atoms with Crippen LogP contribution in [0.2, 0.25) is 0 Å². The van der Waals surface area contributed by atoms with Crippen LogP contribution in [0.1, 0.15) is 79.1 Å². The summed E-state index contributed by atoms with van der Waals surface area (Å²) in [4.78, 5) is 4.58. The molecule has 17 heteroatoms. The van der Waals surface area contributed by atoms with Gasteiger partial charge in [0, 0.05) is 66.5 Å². The third-order valence-corrected chi connectivity index (χ3v) is 10.9. The molecule has 4 N–H and O–H groups in total. The Bertz CT molecular complexity index is 2470. The van der Waals surface area contributed by atoms with E-state index in [0.29, 0.717) is 34.1 Å². The van der Waals surface area contributed by atoms with Crippen LogP contribution in [0.4, 0.5) is 56.9 Å². The smallest absolute Gasteiger partial charge is 0.145 e. The molecule has 6 aromatic rings. The van der Waals surface area contributed by atoms with Crippen molar-refractivity contribution in [2.24, 2.45) is 40.9 Å². The fourth-order valence-corrected chi connectivity index (χ4v) is 6.77. The fourth-order valence-electron chi connectivity index (χ4n) is 6.77. The predicted molar refractivity (Wildman–Crippen MR) is 279 cm³/mol. The van der Waals surface area contributed by atoms with Gasteiger partial charge < -0.3 is 39.7 Å². The fraction of sp³-hybridized carbons (Fsp3) is 0.333. The van der Waals surface area contributed by atoms with Gasteiger partial charge in [0.2, 0.25) is 0 Å². The maximum atomic E-state index is 10.6. The van der Waals surface area contributed by atoms with E-state index in [0.717, 1.165) is 100 Å². The zero-order valence-electron chi connectivity index (χ0n) is 41.4. The second-order valence-corrected chi connectivity index (χ2v) is 16.3. The van der Waals surface area contributed by atoms with E-state index in [1.807, 2.05) is 12.1 Å². The third-order valence-electron chi connectivity index (χ3n) is 10.9. The first-order valence-electron chi connectivity index (χ1n) is 23.8. The number of phenolic OH excluding ortho intramolecular Hbond substituents is 4. The summed E-state index contributed by atoms with van der Waals surface area (Å²) in [6, 6.07) is 34.6. The Kier molecular flexibility index (Phi) is 24.0. The van der Waals surface area contributed by atoms with Gasteiger partial charge >= 0.3 is 0 Å². The van der Waals surface area contributed by atoms with Crippen LogP contribution in [-0.2, 0) is 16.8 Å². The van der Waals surface area contributed by atoms with Crippen molar-refractivity contribution in [1.82, 2.24) is 0 Å². The average molecular weight is 1010 g/mol. The first-order chi connectivity index (χ1) is 34.1. The number of rotatable bonds is 24. The van der Waals surface area contributed by atoms with Gasteiger partial charge in [-0.3, -0.25) is 0 Å². The summed E-state index contributed by atoms with van der Waals surface area (Å²) in [7, 11) is 3.21. The second kappa shape index (κ2) is 30.3. The topological polar surface area (TPSA) is 205 Å². The predicted octanol–water partition coefficient (Wildman–Crippen LogP) is 16.7. The van der Waals surface area contributed by atoms with Gasteiger partial charge in [0.25, 0.3) is 0 Å². The number of anilines is 2. The molecule has 0 aromatic heterocycles. The Morgan fingerprint density at radius 1 is 0.352 bits per heavy atom. The van der Waals surface area contributed by atoms with Crippen LogP contribution >= 0.6 is 0 Å². The van der Waals surface area contributed by atoms with E-state index >= 15 is 0 Å². The summed E-state index contributed by atoms with van der Waals surface area (Å²) in [5, 5.41) is 74.9. The molecule has 0 aliphatic carbocycles. The van der Waals surface area contributed by atoms with Crippen LogP contribution in [0.3, 0.4) is 0 Å². The monoisotopic (exact) mass is 1010 g/mol. The normalized spacial score (nSPS) is 11.2. The van der Waals surface area contributed by atoms with Crippen molar-refractivity contribution in [2.45, 2.75) is 79.1 Å². The molecule has 71 heavy (non-hydrogen) atoms. The Morgan fingerprint density at radius 2 is 0.662 bits per heavy atom. The number of hydrogen-bond donors (Lipinski definition) is 4. The Morgan fingerprint density at radius 3 is 0.972 bits per heavy atom. The Labute approximate surface area is 427 Å². The summed E-state index contributed by atoms with van der Waals surface area (Å²) in [5.41, 5.74) is 5.38. The van der Waals surface area contributed by atoms with E-state index in [1.54, 1.807) is 111 Å². The van der Waals surface area contributed by atoms with Crippen LogP contribution in [0, 0.1) is 0 Å². The van der Waals surface area contributed by atoms with E-state index in [2.05, 4.69) is 78.4 Å². The largest absolute Gasteiger partial charge is 0.506 e. The van der Waals surface area contributed by atoms with Crippen molar-refractivity contribution in [3.8, 4) is 34.5 Å². The standard InChI is InChI=1S/2C27H33N5O3.Co/c2*1-4-6-16-32(17-7-5-2)22-11-14-24(27(34)19-22)30-31-25-18-21(10-15-26(25)33)29-28-20-8-12-23(35-3)13-9-20;/h2*8-15,18-19,33-34H,4-7,16-17H2,1-3H3;. The van der Waals surface area contributed by atoms with Crippen molar-refractivity contribution < 1.29 is 46.7 Å². The molecule has 0 spiro atoms. The van der Waals surface area contributed by atoms with Gasteiger partial charge in [0.05, 0.1) is 37.0 Å². The minimum atomic E-state index is -0.0430. The van der Waals surface area contributed by atoms with Gasteiger partial charge in [-0.05, 0) is 135 Å². The third kappa shape index (κ3) is 18.1. The van der Waals surface area contributed by atoms with Gasteiger partial charge in [0.15, 0.2) is 0 Å². The maximum Gasteiger partial charge on any atom is 0.145 e. The van der Waals surface area contributed by atoms with Crippen molar-refractivity contribution in [3.63, 3.8) is 0 Å². The molecule has 6 rings (SSSR count). The molecular weight excluding hydrogens is 944 g/mol. The van der Waals surface area contributed by atoms with Crippen LogP contribution in [-0.4, -0.2) is 60.8 Å². The van der Waals surface area contributed by atoms with Crippen molar-refractivity contribution in [2.75, 3.05) is 50.2 Å². The van der Waals surface area contributed by atoms with E-state index < -0.39 is 0 Å². The number of hydrogen-bond acceptors (Lipinski definition) is 16. The molecule has 0 unspecified atom stereocenters. The van der Waals surface area contributed by atoms with Crippen LogP contribution in [0.15, 0.2) is 162 Å². The molecule has 0 fully saturated rings. The number of unbranched alkanes of at least 4 members (excludes halogenated alkanes) is 4. The molecule has 16 nitrogen and oxygen atoms in total. The summed E-state index contributed by atoms with van der Waals surface area (Å²) in [5.74, 6) is 1.47. The molecule has 1 radical (unpaired) electrons. The number of aromatic hydroxyl groups is 4. The SMILES string of the molecule is CCCCN(CCCC)c1ccc(N=Nc2cc(N=Nc3ccc(OC)cc3)ccc2O)c(O)c1.CCCCN(CCCC)c1ccc(N=Nc2cc(N=Nc3ccc(OC)cc3)ccc2O)c(O)c1.[Co]. The molecule has 0 saturated heterocycles. The van der Waals surface area contributed by atoms with Gasteiger partial charge in [0.1, 0.15) is 57.2 Å². The number of azo groups is 4.